The number of nitrogens with zero attached hydrogens (tertiary/aromatic N) is 2. The number of rotatable bonds is 5. The zero-order valence-corrected chi connectivity index (χ0v) is 12.8. The number of carbonyl (C=O) groups is 1. The first-order valence-corrected chi connectivity index (χ1v) is 7.46. The van der Waals surface area contributed by atoms with Gasteiger partial charge in [-0.2, -0.15) is 0 Å². The molecule has 0 unspecified atom stereocenters. The van der Waals surface area contributed by atoms with Crippen LogP contribution in [-0.4, -0.2) is 49.0 Å². The molecule has 0 bridgehead atoms. The molecule has 0 radical (unpaired) electrons. The van der Waals surface area contributed by atoms with Gasteiger partial charge in [-0.15, -0.1) is 0 Å². The van der Waals surface area contributed by atoms with Crippen molar-refractivity contribution in [2.75, 3.05) is 33.3 Å². The fraction of sp³-hybridized carbons (Fsp3) is 0.562. The van der Waals surface area contributed by atoms with E-state index in [2.05, 4.69) is 4.90 Å². The molecule has 1 aliphatic heterocycles. The Morgan fingerprint density at radius 2 is 2.00 bits per heavy atom. The number of carbonyl (C=O) groups excluding carboxylic acids is 1. The highest BCUT2D eigenvalue weighted by molar-refractivity contribution is 5.76. The molecule has 0 N–H and O–H groups in total. The fourth-order valence-electron chi connectivity index (χ4n) is 2.59. The molecule has 21 heavy (non-hydrogen) atoms. The summed E-state index contributed by atoms with van der Waals surface area (Å²) in [4.78, 5) is 16.0. The van der Waals surface area contributed by atoms with E-state index in [9.17, 15) is 9.18 Å². The van der Waals surface area contributed by atoms with Crippen molar-refractivity contribution in [3.8, 4) is 5.75 Å². The molecule has 116 valence electrons. The lowest BCUT2D eigenvalue weighted by Crippen LogP contribution is -2.48. The maximum atomic E-state index is 13.7. The smallest absolute Gasteiger partial charge is 0.222 e. The number of hydrogen-bond donors (Lipinski definition) is 0. The van der Waals surface area contributed by atoms with Gasteiger partial charge in [0.05, 0.1) is 7.11 Å². The lowest BCUT2D eigenvalue weighted by molar-refractivity contribution is -0.133. The predicted octanol–water partition coefficient (Wildman–Crippen LogP) is 2.28. The molecule has 1 saturated heterocycles. The Bertz CT molecular complexity index is 485. The lowest BCUT2D eigenvalue weighted by Gasteiger charge is -2.34. The summed E-state index contributed by atoms with van der Waals surface area (Å²) >= 11 is 0. The second-order valence-electron chi connectivity index (χ2n) is 5.38. The van der Waals surface area contributed by atoms with Gasteiger partial charge in [0.1, 0.15) is 0 Å². The van der Waals surface area contributed by atoms with Crippen LogP contribution in [0.15, 0.2) is 18.2 Å². The Morgan fingerprint density at radius 3 is 2.57 bits per heavy atom. The number of hydrogen-bond acceptors (Lipinski definition) is 3. The van der Waals surface area contributed by atoms with Crippen LogP contribution in [0.5, 0.6) is 5.75 Å². The van der Waals surface area contributed by atoms with E-state index in [1.54, 1.807) is 6.07 Å². The van der Waals surface area contributed by atoms with Crippen molar-refractivity contribution < 1.29 is 13.9 Å². The number of benzene rings is 1. The minimum Gasteiger partial charge on any atom is -0.494 e. The van der Waals surface area contributed by atoms with Crippen molar-refractivity contribution in [1.82, 2.24) is 9.80 Å². The maximum absolute atomic E-state index is 13.7. The van der Waals surface area contributed by atoms with E-state index in [4.69, 9.17) is 4.74 Å². The average molecular weight is 294 g/mol. The Labute approximate surface area is 125 Å². The number of piperazine rings is 1. The van der Waals surface area contributed by atoms with Crippen LogP contribution in [0, 0.1) is 5.82 Å². The molecule has 4 nitrogen and oxygen atoms in total. The molecule has 0 aromatic heterocycles. The first kappa shape index (κ1) is 15.8. The highest BCUT2D eigenvalue weighted by Gasteiger charge is 2.20. The average Bonchev–Trinajstić information content (AvgIpc) is 2.48. The summed E-state index contributed by atoms with van der Waals surface area (Å²) in [5.74, 6) is 0.188. The van der Waals surface area contributed by atoms with E-state index in [-0.39, 0.29) is 17.5 Å². The van der Waals surface area contributed by atoms with Gasteiger partial charge in [-0.3, -0.25) is 9.69 Å². The monoisotopic (exact) mass is 294 g/mol. The zero-order chi connectivity index (χ0) is 15.2. The molecule has 1 aromatic carbocycles. The van der Waals surface area contributed by atoms with E-state index in [1.807, 2.05) is 17.9 Å². The molecule has 1 aliphatic rings. The third kappa shape index (κ3) is 4.17. The molecular weight excluding hydrogens is 271 g/mol. The van der Waals surface area contributed by atoms with Crippen LogP contribution in [0.4, 0.5) is 4.39 Å². The number of amides is 1. The van der Waals surface area contributed by atoms with Crippen LogP contribution in [0.1, 0.15) is 25.3 Å². The van der Waals surface area contributed by atoms with Crippen LogP contribution in [0.2, 0.25) is 0 Å². The van der Waals surface area contributed by atoms with Gasteiger partial charge in [0, 0.05) is 39.1 Å². The van der Waals surface area contributed by atoms with E-state index < -0.39 is 0 Å². The summed E-state index contributed by atoms with van der Waals surface area (Å²) in [6, 6.07) is 5.07. The normalized spacial score (nSPS) is 16.0. The highest BCUT2D eigenvalue weighted by atomic mass is 19.1. The van der Waals surface area contributed by atoms with Crippen LogP contribution in [0.3, 0.4) is 0 Å². The zero-order valence-electron chi connectivity index (χ0n) is 12.8. The largest absolute Gasteiger partial charge is 0.494 e. The number of ether oxygens (including phenoxy) is 1. The third-order valence-corrected chi connectivity index (χ3v) is 3.81. The molecule has 1 amide bonds. The summed E-state index contributed by atoms with van der Waals surface area (Å²) in [6.07, 6.45) is 1.52. The SMILES string of the molecule is CCCC(=O)N1CCN(Cc2ccc(OC)c(F)c2)CC1. The van der Waals surface area contributed by atoms with Gasteiger partial charge < -0.3 is 9.64 Å². The topological polar surface area (TPSA) is 32.8 Å². The van der Waals surface area contributed by atoms with Crippen molar-refractivity contribution in [2.24, 2.45) is 0 Å². The Morgan fingerprint density at radius 1 is 1.29 bits per heavy atom. The van der Waals surface area contributed by atoms with Gasteiger partial charge >= 0.3 is 0 Å². The molecule has 0 atom stereocenters. The van der Waals surface area contributed by atoms with Crippen LogP contribution in [-0.2, 0) is 11.3 Å². The van der Waals surface area contributed by atoms with Gasteiger partial charge in [0.15, 0.2) is 11.6 Å². The Balaban J connectivity index is 1.86. The summed E-state index contributed by atoms with van der Waals surface area (Å²) in [6.45, 7) is 5.92. The van der Waals surface area contributed by atoms with Gasteiger partial charge in [-0.1, -0.05) is 13.0 Å². The standard InChI is InChI=1S/C16H23FN2O2/c1-3-4-16(20)19-9-7-18(8-10-19)12-13-5-6-15(21-2)14(17)11-13/h5-6,11H,3-4,7-10,12H2,1-2H3. The highest BCUT2D eigenvalue weighted by Crippen LogP contribution is 2.19. The minimum absolute atomic E-state index is 0.243. The molecule has 1 aromatic rings. The summed E-state index contributed by atoms with van der Waals surface area (Å²) in [7, 11) is 1.46. The van der Waals surface area contributed by atoms with Crippen LogP contribution >= 0.6 is 0 Å². The second kappa shape index (κ2) is 7.41. The number of halogens is 1. The molecule has 5 heteroatoms. The van der Waals surface area contributed by atoms with Gasteiger partial charge in [-0.25, -0.2) is 4.39 Å². The van der Waals surface area contributed by atoms with Crippen LogP contribution < -0.4 is 4.74 Å². The third-order valence-electron chi connectivity index (χ3n) is 3.81. The van der Waals surface area contributed by atoms with Crippen molar-refractivity contribution in [3.63, 3.8) is 0 Å². The molecule has 0 saturated carbocycles. The summed E-state index contributed by atoms with van der Waals surface area (Å²) in [5, 5.41) is 0. The van der Waals surface area contributed by atoms with E-state index in [0.717, 1.165) is 38.2 Å². The van der Waals surface area contributed by atoms with Gasteiger partial charge in [0.25, 0.3) is 0 Å². The van der Waals surface area contributed by atoms with Crippen molar-refractivity contribution in [2.45, 2.75) is 26.3 Å². The van der Waals surface area contributed by atoms with Gasteiger partial charge in [-0.05, 0) is 24.1 Å². The fourth-order valence-corrected chi connectivity index (χ4v) is 2.59. The molecule has 0 spiro atoms. The maximum Gasteiger partial charge on any atom is 0.222 e. The molecule has 1 heterocycles. The van der Waals surface area contributed by atoms with E-state index >= 15 is 0 Å². The van der Waals surface area contributed by atoms with Crippen molar-refractivity contribution in [1.29, 1.82) is 0 Å². The predicted molar refractivity (Wildman–Crippen MR) is 79.7 cm³/mol. The molecule has 1 fully saturated rings. The lowest BCUT2D eigenvalue weighted by atomic mass is 10.1. The minimum atomic E-state index is -0.327. The van der Waals surface area contributed by atoms with Crippen molar-refractivity contribution in [3.05, 3.63) is 29.6 Å². The van der Waals surface area contributed by atoms with E-state index in [1.165, 1.54) is 13.2 Å². The van der Waals surface area contributed by atoms with E-state index in [0.29, 0.717) is 13.0 Å². The summed E-state index contributed by atoms with van der Waals surface area (Å²) in [5.41, 5.74) is 0.932. The van der Waals surface area contributed by atoms with Gasteiger partial charge in [0.2, 0.25) is 5.91 Å². The number of methoxy groups -OCH3 is 1. The first-order chi connectivity index (χ1) is 10.1. The first-order valence-electron chi connectivity index (χ1n) is 7.46. The summed E-state index contributed by atoms with van der Waals surface area (Å²) < 4.78 is 18.6. The second-order valence-corrected chi connectivity index (χ2v) is 5.38. The van der Waals surface area contributed by atoms with Crippen molar-refractivity contribution >= 4 is 5.91 Å². The quantitative estimate of drug-likeness (QED) is 0.835. The Hall–Kier alpha value is -1.62. The molecule has 2 rings (SSSR count). The Kier molecular flexibility index (Phi) is 5.56. The van der Waals surface area contributed by atoms with Crippen LogP contribution in [0.25, 0.3) is 0 Å². The molecule has 0 aliphatic carbocycles. The molecular formula is C16H23FN2O2.